The first-order valence-electron chi connectivity index (χ1n) is 7.16. The minimum Gasteiger partial charge on any atom is -0.486 e. The summed E-state index contributed by atoms with van der Waals surface area (Å²) in [6.45, 7) is 2.03. The molecule has 0 saturated carbocycles. The third-order valence-electron chi connectivity index (χ3n) is 3.62. The highest BCUT2D eigenvalue weighted by Gasteiger charge is 2.27. The Kier molecular flexibility index (Phi) is 4.15. The van der Waals surface area contributed by atoms with Gasteiger partial charge in [-0.25, -0.2) is 0 Å². The van der Waals surface area contributed by atoms with Gasteiger partial charge in [0.25, 0.3) is 5.91 Å². The van der Waals surface area contributed by atoms with E-state index >= 15 is 0 Å². The van der Waals surface area contributed by atoms with Crippen molar-refractivity contribution < 1.29 is 28.9 Å². The summed E-state index contributed by atoms with van der Waals surface area (Å²) in [7, 11) is 0. The number of carbonyl (C=O) groups excluding carboxylic acids is 1. The Balaban J connectivity index is 1.71. The number of hydrogen-bond donors (Lipinski definition) is 1. The smallest absolute Gasteiger partial charge is 0.306 e. The molecule has 0 aliphatic carbocycles. The van der Waals surface area contributed by atoms with Crippen LogP contribution in [0.4, 0.5) is 0 Å². The van der Waals surface area contributed by atoms with Gasteiger partial charge in [0.05, 0.1) is 19.1 Å². The number of amides is 1. The van der Waals surface area contributed by atoms with Crippen LogP contribution in [0, 0.1) is 0 Å². The lowest BCUT2D eigenvalue weighted by Gasteiger charge is -2.32. The SMILES string of the molecule is O=C(O)C[C@H]1CN(C(=O)c2ccc3c(c2)OCCO3)CCO1. The lowest BCUT2D eigenvalue weighted by molar-refractivity contribution is -0.141. The molecule has 1 N–H and O–H groups in total. The van der Waals surface area contributed by atoms with Crippen LogP contribution in [-0.2, 0) is 9.53 Å². The molecule has 1 aromatic carbocycles. The topological polar surface area (TPSA) is 85.3 Å². The van der Waals surface area contributed by atoms with Crippen molar-refractivity contribution in [2.75, 3.05) is 32.9 Å². The molecule has 0 radical (unpaired) electrons. The summed E-state index contributed by atoms with van der Waals surface area (Å²) in [6.07, 6.45) is -0.572. The van der Waals surface area contributed by atoms with Crippen LogP contribution in [0.2, 0.25) is 0 Å². The molecular weight excluding hydrogens is 290 g/mol. The highest BCUT2D eigenvalue weighted by atomic mass is 16.6. The van der Waals surface area contributed by atoms with Crippen LogP contribution in [0.3, 0.4) is 0 Å². The van der Waals surface area contributed by atoms with E-state index in [1.54, 1.807) is 23.1 Å². The minimum absolute atomic E-state index is 0.106. The average Bonchev–Trinajstić information content (AvgIpc) is 2.53. The van der Waals surface area contributed by atoms with E-state index in [4.69, 9.17) is 19.3 Å². The number of rotatable bonds is 3. The van der Waals surface area contributed by atoms with E-state index in [0.29, 0.717) is 43.4 Å². The second kappa shape index (κ2) is 6.23. The first-order valence-corrected chi connectivity index (χ1v) is 7.16. The van der Waals surface area contributed by atoms with E-state index in [9.17, 15) is 9.59 Å². The number of fused-ring (bicyclic) bond motifs is 1. The summed E-state index contributed by atoms with van der Waals surface area (Å²) in [5.41, 5.74) is 0.500. The van der Waals surface area contributed by atoms with Gasteiger partial charge in [-0.1, -0.05) is 0 Å². The highest BCUT2D eigenvalue weighted by molar-refractivity contribution is 5.95. The predicted octanol–water partition coefficient (Wildman–Crippen LogP) is 0.773. The van der Waals surface area contributed by atoms with Crippen molar-refractivity contribution in [3.05, 3.63) is 23.8 Å². The Labute approximate surface area is 127 Å². The Morgan fingerprint density at radius 1 is 1.18 bits per heavy atom. The minimum atomic E-state index is -0.932. The van der Waals surface area contributed by atoms with E-state index in [-0.39, 0.29) is 18.9 Å². The molecule has 1 saturated heterocycles. The number of ether oxygens (including phenoxy) is 3. The van der Waals surface area contributed by atoms with Crippen LogP contribution >= 0.6 is 0 Å². The maximum Gasteiger partial charge on any atom is 0.306 e. The van der Waals surface area contributed by atoms with Gasteiger partial charge in [-0.3, -0.25) is 9.59 Å². The van der Waals surface area contributed by atoms with Crippen LogP contribution in [0.25, 0.3) is 0 Å². The Morgan fingerprint density at radius 2 is 1.95 bits per heavy atom. The summed E-state index contributed by atoms with van der Waals surface area (Å²) >= 11 is 0. The third kappa shape index (κ3) is 3.14. The van der Waals surface area contributed by atoms with Crippen molar-refractivity contribution in [3.63, 3.8) is 0 Å². The van der Waals surface area contributed by atoms with Crippen LogP contribution < -0.4 is 9.47 Å². The van der Waals surface area contributed by atoms with Gasteiger partial charge in [-0.15, -0.1) is 0 Å². The normalized spacial score (nSPS) is 20.5. The van der Waals surface area contributed by atoms with Gasteiger partial charge >= 0.3 is 5.97 Å². The van der Waals surface area contributed by atoms with Gasteiger partial charge in [-0.2, -0.15) is 0 Å². The molecule has 2 aliphatic rings. The quantitative estimate of drug-likeness (QED) is 0.888. The van der Waals surface area contributed by atoms with E-state index in [2.05, 4.69) is 0 Å². The first-order chi connectivity index (χ1) is 10.6. The molecule has 7 nitrogen and oxygen atoms in total. The van der Waals surface area contributed by atoms with E-state index in [1.165, 1.54) is 0 Å². The van der Waals surface area contributed by atoms with Gasteiger partial charge in [0.2, 0.25) is 0 Å². The van der Waals surface area contributed by atoms with Gasteiger partial charge in [0.1, 0.15) is 13.2 Å². The number of carboxylic acids is 1. The summed E-state index contributed by atoms with van der Waals surface area (Å²) in [5.74, 6) is 0.107. The molecule has 1 atom stereocenters. The highest BCUT2D eigenvalue weighted by Crippen LogP contribution is 2.31. The number of hydrogen-bond acceptors (Lipinski definition) is 5. The average molecular weight is 307 g/mol. The molecule has 1 fully saturated rings. The van der Waals surface area contributed by atoms with Gasteiger partial charge in [0.15, 0.2) is 11.5 Å². The monoisotopic (exact) mass is 307 g/mol. The molecule has 7 heteroatoms. The van der Waals surface area contributed by atoms with Gasteiger partial charge in [-0.05, 0) is 18.2 Å². The zero-order valence-corrected chi connectivity index (χ0v) is 12.0. The van der Waals surface area contributed by atoms with E-state index < -0.39 is 12.1 Å². The Bertz CT molecular complexity index is 587. The molecule has 3 rings (SSSR count). The standard InChI is InChI=1S/C15H17NO6/c17-14(18)8-11-9-16(3-4-20-11)15(19)10-1-2-12-13(7-10)22-6-5-21-12/h1-2,7,11H,3-6,8-9H2,(H,17,18)/t11-/m0/s1. The van der Waals surface area contributed by atoms with Crippen LogP contribution in [0.1, 0.15) is 16.8 Å². The van der Waals surface area contributed by atoms with E-state index in [1.807, 2.05) is 0 Å². The van der Waals surface area contributed by atoms with Crippen molar-refractivity contribution in [2.24, 2.45) is 0 Å². The number of aliphatic carboxylic acids is 1. The number of benzene rings is 1. The molecule has 22 heavy (non-hydrogen) atoms. The molecule has 0 unspecified atom stereocenters. The first kappa shape index (κ1) is 14.6. The molecule has 1 amide bonds. The van der Waals surface area contributed by atoms with Crippen molar-refractivity contribution in [2.45, 2.75) is 12.5 Å². The lowest BCUT2D eigenvalue weighted by atomic mass is 10.1. The Morgan fingerprint density at radius 3 is 2.73 bits per heavy atom. The number of carboxylic acid groups (broad SMARTS) is 1. The summed E-state index contributed by atoms with van der Waals surface area (Å²) in [6, 6.07) is 5.08. The molecule has 0 aromatic heterocycles. The second-order valence-electron chi connectivity index (χ2n) is 5.20. The molecule has 0 bridgehead atoms. The van der Waals surface area contributed by atoms with Gasteiger partial charge in [0, 0.05) is 18.7 Å². The fourth-order valence-electron chi connectivity index (χ4n) is 2.58. The predicted molar refractivity (Wildman–Crippen MR) is 75.3 cm³/mol. The molecule has 1 aromatic rings. The number of nitrogens with zero attached hydrogens (tertiary/aromatic N) is 1. The summed E-state index contributed by atoms with van der Waals surface area (Å²) < 4.78 is 16.3. The van der Waals surface area contributed by atoms with Gasteiger partial charge < -0.3 is 24.2 Å². The number of carbonyl (C=O) groups is 2. The lowest BCUT2D eigenvalue weighted by Crippen LogP contribution is -2.46. The fraction of sp³-hybridized carbons (Fsp3) is 0.467. The fourth-order valence-corrected chi connectivity index (χ4v) is 2.58. The maximum atomic E-state index is 12.5. The van der Waals surface area contributed by atoms with Crippen LogP contribution in [-0.4, -0.2) is 60.9 Å². The maximum absolute atomic E-state index is 12.5. The molecule has 0 spiro atoms. The zero-order valence-electron chi connectivity index (χ0n) is 12.0. The van der Waals surface area contributed by atoms with E-state index in [0.717, 1.165) is 0 Å². The largest absolute Gasteiger partial charge is 0.486 e. The molecule has 2 aliphatic heterocycles. The van der Waals surface area contributed by atoms with Crippen molar-refractivity contribution in [1.29, 1.82) is 0 Å². The zero-order chi connectivity index (χ0) is 15.5. The second-order valence-corrected chi connectivity index (χ2v) is 5.20. The molecule has 2 heterocycles. The van der Waals surface area contributed by atoms with Crippen molar-refractivity contribution >= 4 is 11.9 Å². The molecule has 118 valence electrons. The Hall–Kier alpha value is -2.28. The summed E-state index contributed by atoms with van der Waals surface area (Å²) in [5, 5.41) is 8.83. The summed E-state index contributed by atoms with van der Waals surface area (Å²) in [4.78, 5) is 24.9. The van der Waals surface area contributed by atoms with Crippen molar-refractivity contribution in [3.8, 4) is 11.5 Å². The third-order valence-corrected chi connectivity index (χ3v) is 3.62. The van der Waals surface area contributed by atoms with Crippen LogP contribution in [0.5, 0.6) is 11.5 Å². The van der Waals surface area contributed by atoms with Crippen LogP contribution in [0.15, 0.2) is 18.2 Å². The number of morpholine rings is 1. The molecular formula is C15H17NO6. The van der Waals surface area contributed by atoms with Crippen molar-refractivity contribution in [1.82, 2.24) is 4.90 Å².